The molecule has 0 spiro atoms. The van der Waals surface area contributed by atoms with Crippen LogP contribution in [-0.2, 0) is 0 Å². The van der Waals surface area contributed by atoms with E-state index >= 15 is 0 Å². The van der Waals surface area contributed by atoms with Gasteiger partial charge in [-0.3, -0.25) is 4.90 Å². The van der Waals surface area contributed by atoms with E-state index in [1.54, 1.807) is 0 Å². The summed E-state index contributed by atoms with van der Waals surface area (Å²) >= 11 is 0. The van der Waals surface area contributed by atoms with Crippen molar-refractivity contribution in [2.45, 2.75) is 13.0 Å². The lowest BCUT2D eigenvalue weighted by atomic mass is 9.94. The van der Waals surface area contributed by atoms with Gasteiger partial charge < -0.3 is 17.0 Å². The first-order valence-electron chi connectivity index (χ1n) is 5.22. The molecule has 0 aromatic heterocycles. The maximum Gasteiger partial charge on any atom is 0.210 e. The first kappa shape index (κ1) is 11.1. The summed E-state index contributed by atoms with van der Waals surface area (Å²) in [5.74, 6) is 0. The molecule has 2 aliphatic heterocycles. The average molecular weight is 274 g/mol. The van der Waals surface area contributed by atoms with Crippen LogP contribution in [0.4, 0.5) is 0 Å². The highest BCUT2D eigenvalue weighted by Crippen LogP contribution is 2.35. The van der Waals surface area contributed by atoms with E-state index in [0.717, 1.165) is 5.70 Å². The minimum Gasteiger partial charge on any atom is -1.00 e. The highest BCUT2D eigenvalue weighted by molar-refractivity contribution is 5.62. The third-order valence-corrected chi connectivity index (χ3v) is 3.01. The maximum absolute atomic E-state index is 3.27. The SMILES string of the molecule is CC1c2ccccc2C=C2[C+]=CC=CN21.[Br-]. The number of hydrogen-bond donors (Lipinski definition) is 0. The molecular weight excluding hydrogens is 262 g/mol. The van der Waals surface area contributed by atoms with Crippen molar-refractivity contribution in [3.63, 3.8) is 0 Å². The predicted octanol–water partition coefficient (Wildman–Crippen LogP) is 0.295. The molecule has 0 bridgehead atoms. The molecule has 3 rings (SSSR count). The van der Waals surface area contributed by atoms with Crippen molar-refractivity contribution in [1.82, 2.24) is 4.90 Å². The molecule has 1 aromatic rings. The van der Waals surface area contributed by atoms with Crippen LogP contribution in [0.5, 0.6) is 0 Å². The molecule has 2 aliphatic rings. The molecule has 1 nitrogen and oxygen atoms in total. The van der Waals surface area contributed by atoms with E-state index in [1.807, 2.05) is 12.2 Å². The first-order chi connectivity index (χ1) is 7.36. The van der Waals surface area contributed by atoms with E-state index in [9.17, 15) is 0 Å². The van der Waals surface area contributed by atoms with E-state index in [2.05, 4.69) is 54.4 Å². The van der Waals surface area contributed by atoms with Gasteiger partial charge in [-0.1, -0.05) is 18.2 Å². The lowest BCUT2D eigenvalue weighted by molar-refractivity contribution is -0.00000300. The Morgan fingerprint density at radius 1 is 1.25 bits per heavy atom. The number of benzene rings is 1. The Balaban J connectivity index is 0.000000963. The van der Waals surface area contributed by atoms with Crippen molar-refractivity contribution in [2.75, 3.05) is 0 Å². The molecule has 80 valence electrons. The molecular formula is C14H12BrN. The maximum atomic E-state index is 3.27. The van der Waals surface area contributed by atoms with Crippen molar-refractivity contribution < 1.29 is 17.0 Å². The minimum atomic E-state index is 0. The van der Waals surface area contributed by atoms with E-state index in [1.165, 1.54) is 11.1 Å². The van der Waals surface area contributed by atoms with Crippen molar-refractivity contribution in [2.24, 2.45) is 0 Å². The van der Waals surface area contributed by atoms with Crippen LogP contribution in [0.15, 0.2) is 48.3 Å². The summed E-state index contributed by atoms with van der Waals surface area (Å²) in [5, 5.41) is 0. The summed E-state index contributed by atoms with van der Waals surface area (Å²) < 4.78 is 0. The summed E-state index contributed by atoms with van der Waals surface area (Å²) in [6.45, 7) is 2.23. The molecule has 0 amide bonds. The zero-order valence-corrected chi connectivity index (χ0v) is 10.6. The standard InChI is InChI=1S/C14H12N.BrH/c1-11-14-8-3-2-6-12(14)10-13-7-4-5-9-15(11)13;/h2-6,8-11H,1H3;1H/q+1;/p-1. The smallest absolute Gasteiger partial charge is 0.210 e. The monoisotopic (exact) mass is 273 g/mol. The van der Waals surface area contributed by atoms with Crippen LogP contribution in [0.1, 0.15) is 24.1 Å². The number of fused-ring (bicyclic) bond motifs is 2. The van der Waals surface area contributed by atoms with Crippen LogP contribution in [0.2, 0.25) is 0 Å². The van der Waals surface area contributed by atoms with Crippen molar-refractivity contribution >= 4 is 6.08 Å². The van der Waals surface area contributed by atoms with Gasteiger partial charge in [0.05, 0.1) is 30.5 Å². The molecule has 1 unspecified atom stereocenters. The third kappa shape index (κ3) is 1.60. The van der Waals surface area contributed by atoms with Crippen LogP contribution in [0, 0.1) is 6.08 Å². The summed E-state index contributed by atoms with van der Waals surface area (Å²) in [5.41, 5.74) is 3.85. The highest BCUT2D eigenvalue weighted by atomic mass is 79.9. The van der Waals surface area contributed by atoms with Crippen molar-refractivity contribution in [1.29, 1.82) is 0 Å². The van der Waals surface area contributed by atoms with E-state index in [-0.39, 0.29) is 17.0 Å². The quantitative estimate of drug-likeness (QED) is 0.615. The molecule has 0 saturated heterocycles. The molecule has 1 aromatic carbocycles. The molecule has 2 heteroatoms. The van der Waals surface area contributed by atoms with Gasteiger partial charge in [-0.15, -0.1) is 0 Å². The Morgan fingerprint density at radius 2 is 2.06 bits per heavy atom. The number of rotatable bonds is 0. The largest absolute Gasteiger partial charge is 1.00 e. The lowest BCUT2D eigenvalue weighted by Gasteiger charge is -2.29. The molecule has 0 saturated carbocycles. The minimum absolute atomic E-state index is 0. The molecule has 0 radical (unpaired) electrons. The Bertz CT molecular complexity index is 485. The van der Waals surface area contributed by atoms with Crippen LogP contribution in [0.25, 0.3) is 6.08 Å². The lowest BCUT2D eigenvalue weighted by Crippen LogP contribution is -3.00. The molecule has 16 heavy (non-hydrogen) atoms. The second-order valence-corrected chi connectivity index (χ2v) is 3.89. The summed E-state index contributed by atoms with van der Waals surface area (Å²) in [6.07, 6.45) is 11.6. The fourth-order valence-corrected chi connectivity index (χ4v) is 2.20. The van der Waals surface area contributed by atoms with Gasteiger partial charge in [-0.25, -0.2) is 0 Å². The Kier molecular flexibility index (Phi) is 2.95. The van der Waals surface area contributed by atoms with E-state index < -0.39 is 0 Å². The van der Waals surface area contributed by atoms with Crippen LogP contribution < -0.4 is 17.0 Å². The predicted molar refractivity (Wildman–Crippen MR) is 61.6 cm³/mol. The van der Waals surface area contributed by atoms with Gasteiger partial charge in [0.2, 0.25) is 5.70 Å². The Labute approximate surface area is 107 Å². The summed E-state index contributed by atoms with van der Waals surface area (Å²) in [7, 11) is 0. The fourth-order valence-electron chi connectivity index (χ4n) is 2.20. The van der Waals surface area contributed by atoms with Crippen molar-refractivity contribution in [3.05, 3.63) is 65.5 Å². The van der Waals surface area contributed by atoms with Gasteiger partial charge in [-0.05, 0) is 18.6 Å². The number of nitrogens with zero attached hydrogens (tertiary/aromatic N) is 1. The molecule has 2 heterocycles. The van der Waals surface area contributed by atoms with Crippen LogP contribution in [-0.4, -0.2) is 4.90 Å². The topological polar surface area (TPSA) is 3.24 Å². The highest BCUT2D eigenvalue weighted by Gasteiger charge is 2.28. The Morgan fingerprint density at radius 3 is 2.94 bits per heavy atom. The van der Waals surface area contributed by atoms with E-state index in [4.69, 9.17) is 0 Å². The number of hydrogen-bond acceptors (Lipinski definition) is 1. The summed E-state index contributed by atoms with van der Waals surface area (Å²) in [6, 6.07) is 8.94. The number of allylic oxidation sites excluding steroid dienone is 3. The average Bonchev–Trinajstić information content (AvgIpc) is 2.30. The molecule has 1 atom stereocenters. The Hall–Kier alpha value is -1.37. The molecule has 0 N–H and O–H groups in total. The van der Waals surface area contributed by atoms with Gasteiger partial charge in [-0.2, -0.15) is 0 Å². The van der Waals surface area contributed by atoms with Gasteiger partial charge >= 0.3 is 0 Å². The van der Waals surface area contributed by atoms with Crippen LogP contribution in [0.3, 0.4) is 0 Å². The second-order valence-electron chi connectivity index (χ2n) is 3.89. The van der Waals surface area contributed by atoms with Gasteiger partial charge in [0.15, 0.2) is 0 Å². The van der Waals surface area contributed by atoms with Gasteiger partial charge in [0.1, 0.15) is 6.08 Å². The summed E-state index contributed by atoms with van der Waals surface area (Å²) in [4.78, 5) is 2.25. The fraction of sp³-hybridized carbons (Fsp3) is 0.143. The second kappa shape index (κ2) is 4.25. The first-order valence-corrected chi connectivity index (χ1v) is 5.22. The van der Waals surface area contributed by atoms with Gasteiger partial charge in [0, 0.05) is 5.56 Å². The third-order valence-electron chi connectivity index (χ3n) is 3.01. The van der Waals surface area contributed by atoms with E-state index in [0.29, 0.717) is 6.04 Å². The molecule has 0 fully saturated rings. The van der Waals surface area contributed by atoms with Crippen molar-refractivity contribution in [3.8, 4) is 0 Å². The number of halogens is 1. The normalized spacial score (nSPS) is 20.2. The van der Waals surface area contributed by atoms with Crippen LogP contribution >= 0.6 is 0 Å². The zero-order chi connectivity index (χ0) is 10.3. The van der Waals surface area contributed by atoms with Gasteiger partial charge in [0.25, 0.3) is 0 Å². The zero-order valence-electron chi connectivity index (χ0n) is 9.02. The molecule has 0 aliphatic carbocycles.